The van der Waals surface area contributed by atoms with Gasteiger partial charge in [0.25, 0.3) is 0 Å². The first-order valence-electron chi connectivity index (χ1n) is 7.19. The van der Waals surface area contributed by atoms with Crippen LogP contribution in [-0.4, -0.2) is 31.5 Å². The Bertz CT molecular complexity index is 805. The van der Waals surface area contributed by atoms with E-state index in [0.29, 0.717) is 22.8 Å². The fourth-order valence-corrected chi connectivity index (χ4v) is 2.10. The van der Waals surface area contributed by atoms with Gasteiger partial charge in [-0.05, 0) is 6.92 Å². The van der Waals surface area contributed by atoms with E-state index in [2.05, 4.69) is 19.9 Å². The molecule has 0 aliphatic carbocycles. The van der Waals surface area contributed by atoms with Crippen molar-refractivity contribution in [1.29, 1.82) is 10.8 Å². The number of amidine groups is 1. The van der Waals surface area contributed by atoms with E-state index in [1.54, 1.807) is 25.5 Å². The summed E-state index contributed by atoms with van der Waals surface area (Å²) in [5.41, 5.74) is 9.95. The first-order valence-corrected chi connectivity index (χ1v) is 7.19. The molecule has 3 aromatic rings. The summed E-state index contributed by atoms with van der Waals surface area (Å²) in [5, 5.41) is 14.9. The van der Waals surface area contributed by atoms with Crippen LogP contribution in [0, 0.1) is 10.8 Å². The van der Waals surface area contributed by atoms with Gasteiger partial charge in [-0.15, -0.1) is 0 Å². The fraction of sp³-hybridized carbons (Fsp3) is 0.0588. The van der Waals surface area contributed by atoms with Crippen molar-refractivity contribution < 1.29 is 0 Å². The standard InChI is InChI=1S/C17H15N7/c1-10(18)13-6-22-14(7-21-13)11-2-4-12(5-3-11)15-8-24-16(9-23-15)17(19)20/h2-9,18H,1H3,(H3,19,20). The van der Waals surface area contributed by atoms with Crippen LogP contribution in [0.4, 0.5) is 0 Å². The summed E-state index contributed by atoms with van der Waals surface area (Å²) in [4.78, 5) is 16.9. The van der Waals surface area contributed by atoms with Crippen molar-refractivity contribution in [3.05, 3.63) is 60.4 Å². The molecule has 118 valence electrons. The average molecular weight is 317 g/mol. The number of hydrogen-bond donors (Lipinski definition) is 3. The van der Waals surface area contributed by atoms with Gasteiger partial charge in [-0.2, -0.15) is 0 Å². The van der Waals surface area contributed by atoms with Gasteiger partial charge < -0.3 is 11.1 Å². The molecule has 0 atom stereocenters. The monoisotopic (exact) mass is 317 g/mol. The lowest BCUT2D eigenvalue weighted by atomic mass is 10.1. The zero-order valence-electron chi connectivity index (χ0n) is 13.0. The highest BCUT2D eigenvalue weighted by Crippen LogP contribution is 2.21. The summed E-state index contributed by atoms with van der Waals surface area (Å²) in [6.45, 7) is 1.68. The van der Waals surface area contributed by atoms with Crippen LogP contribution in [-0.2, 0) is 0 Å². The lowest BCUT2D eigenvalue weighted by molar-refractivity contribution is 1.16. The van der Waals surface area contributed by atoms with Crippen LogP contribution in [0.3, 0.4) is 0 Å². The van der Waals surface area contributed by atoms with Crippen molar-refractivity contribution in [2.75, 3.05) is 0 Å². The lowest BCUT2D eigenvalue weighted by Gasteiger charge is -2.05. The molecule has 0 amide bonds. The van der Waals surface area contributed by atoms with Gasteiger partial charge in [0.2, 0.25) is 0 Å². The first kappa shape index (κ1) is 15.4. The Morgan fingerprint density at radius 2 is 1.21 bits per heavy atom. The third kappa shape index (κ3) is 3.14. The largest absolute Gasteiger partial charge is 0.382 e. The van der Waals surface area contributed by atoms with Crippen molar-refractivity contribution in [1.82, 2.24) is 19.9 Å². The summed E-state index contributed by atoms with van der Waals surface area (Å²) in [7, 11) is 0. The number of benzene rings is 1. The lowest BCUT2D eigenvalue weighted by Crippen LogP contribution is -2.13. The Labute approximate surface area is 138 Å². The van der Waals surface area contributed by atoms with Gasteiger partial charge in [-0.1, -0.05) is 24.3 Å². The molecule has 3 rings (SSSR count). The van der Waals surface area contributed by atoms with Gasteiger partial charge >= 0.3 is 0 Å². The summed E-state index contributed by atoms with van der Waals surface area (Å²) >= 11 is 0. The number of rotatable bonds is 4. The van der Waals surface area contributed by atoms with Crippen LogP contribution in [0.2, 0.25) is 0 Å². The van der Waals surface area contributed by atoms with E-state index < -0.39 is 0 Å². The number of hydrogen-bond acceptors (Lipinski definition) is 6. The smallest absolute Gasteiger partial charge is 0.143 e. The van der Waals surface area contributed by atoms with Crippen LogP contribution in [0.5, 0.6) is 0 Å². The summed E-state index contributed by atoms with van der Waals surface area (Å²) < 4.78 is 0. The van der Waals surface area contributed by atoms with Crippen molar-refractivity contribution >= 4 is 11.5 Å². The molecule has 0 aliphatic rings. The van der Waals surface area contributed by atoms with Crippen LogP contribution < -0.4 is 5.73 Å². The minimum atomic E-state index is -0.105. The summed E-state index contributed by atoms with van der Waals surface area (Å²) in [5.74, 6) is -0.105. The maximum Gasteiger partial charge on any atom is 0.143 e. The zero-order valence-corrected chi connectivity index (χ0v) is 13.0. The van der Waals surface area contributed by atoms with E-state index in [4.69, 9.17) is 16.6 Å². The average Bonchev–Trinajstić information content (AvgIpc) is 2.62. The first-order chi connectivity index (χ1) is 11.5. The molecule has 0 saturated heterocycles. The zero-order chi connectivity index (χ0) is 17.1. The van der Waals surface area contributed by atoms with E-state index in [1.165, 1.54) is 6.20 Å². The van der Waals surface area contributed by atoms with Crippen LogP contribution >= 0.6 is 0 Å². The third-order valence-electron chi connectivity index (χ3n) is 3.44. The number of nitrogens with two attached hydrogens (primary N) is 1. The van der Waals surface area contributed by atoms with Crippen LogP contribution in [0.15, 0.2) is 49.1 Å². The molecular weight excluding hydrogens is 302 g/mol. The van der Waals surface area contributed by atoms with Crippen molar-refractivity contribution in [3.63, 3.8) is 0 Å². The third-order valence-corrected chi connectivity index (χ3v) is 3.44. The second kappa shape index (κ2) is 6.33. The van der Waals surface area contributed by atoms with Crippen molar-refractivity contribution in [2.45, 2.75) is 6.92 Å². The van der Waals surface area contributed by atoms with E-state index in [-0.39, 0.29) is 5.84 Å². The maximum atomic E-state index is 7.54. The normalized spacial score (nSPS) is 10.4. The minimum absolute atomic E-state index is 0.105. The highest BCUT2D eigenvalue weighted by molar-refractivity contribution is 5.94. The number of nitrogen functional groups attached to an aromatic ring is 1. The van der Waals surface area contributed by atoms with Gasteiger partial charge in [0.1, 0.15) is 17.2 Å². The minimum Gasteiger partial charge on any atom is -0.382 e. The fourth-order valence-electron chi connectivity index (χ4n) is 2.10. The Kier molecular flexibility index (Phi) is 4.07. The molecule has 0 aliphatic heterocycles. The quantitative estimate of drug-likeness (QED) is 0.503. The number of aromatic nitrogens is 4. The summed E-state index contributed by atoms with van der Waals surface area (Å²) in [6, 6.07) is 7.70. The maximum absolute atomic E-state index is 7.54. The Balaban J connectivity index is 1.84. The highest BCUT2D eigenvalue weighted by Gasteiger charge is 2.05. The van der Waals surface area contributed by atoms with Gasteiger partial charge in [0.15, 0.2) is 0 Å². The molecule has 2 heterocycles. The Morgan fingerprint density at radius 3 is 1.54 bits per heavy atom. The summed E-state index contributed by atoms with van der Waals surface area (Å²) in [6.07, 6.45) is 6.32. The Hall–Kier alpha value is -3.48. The highest BCUT2D eigenvalue weighted by atomic mass is 14.9. The molecule has 1 aromatic carbocycles. The molecular formula is C17H15N7. The molecule has 24 heavy (non-hydrogen) atoms. The predicted octanol–water partition coefficient (Wildman–Crippen LogP) is 2.27. The molecule has 4 N–H and O–H groups in total. The molecule has 0 fully saturated rings. The topological polar surface area (TPSA) is 125 Å². The second-order valence-corrected chi connectivity index (χ2v) is 5.19. The van der Waals surface area contributed by atoms with Gasteiger partial charge in [-0.3, -0.25) is 20.4 Å². The molecule has 0 spiro atoms. The van der Waals surface area contributed by atoms with Crippen molar-refractivity contribution in [2.24, 2.45) is 5.73 Å². The van der Waals surface area contributed by atoms with E-state index in [0.717, 1.165) is 16.8 Å². The molecule has 0 bridgehead atoms. The van der Waals surface area contributed by atoms with E-state index in [1.807, 2.05) is 24.3 Å². The van der Waals surface area contributed by atoms with Gasteiger partial charge in [-0.25, -0.2) is 4.98 Å². The molecule has 0 saturated carbocycles. The second-order valence-electron chi connectivity index (χ2n) is 5.19. The molecule has 0 radical (unpaired) electrons. The van der Waals surface area contributed by atoms with E-state index >= 15 is 0 Å². The number of nitrogens with one attached hydrogen (secondary N) is 2. The van der Waals surface area contributed by atoms with Crippen LogP contribution in [0.1, 0.15) is 18.3 Å². The van der Waals surface area contributed by atoms with Crippen molar-refractivity contribution in [3.8, 4) is 22.5 Å². The SMILES string of the molecule is CC(=N)c1cnc(-c2ccc(-c3cnc(C(=N)N)cn3)cc2)cn1. The molecule has 7 nitrogen and oxygen atoms in total. The molecule has 2 aromatic heterocycles. The van der Waals surface area contributed by atoms with Crippen LogP contribution in [0.25, 0.3) is 22.5 Å². The van der Waals surface area contributed by atoms with E-state index in [9.17, 15) is 0 Å². The number of nitrogens with zero attached hydrogens (tertiary/aromatic N) is 4. The molecule has 0 unspecified atom stereocenters. The predicted molar refractivity (Wildman–Crippen MR) is 92.0 cm³/mol. The molecule has 7 heteroatoms. The van der Waals surface area contributed by atoms with Gasteiger partial charge in [0.05, 0.1) is 41.9 Å². The Morgan fingerprint density at radius 1 is 0.750 bits per heavy atom. The van der Waals surface area contributed by atoms with Gasteiger partial charge in [0, 0.05) is 11.1 Å².